The van der Waals surface area contributed by atoms with Crippen LogP contribution in [0.15, 0.2) is 70.4 Å². The molecule has 0 saturated heterocycles. The molecule has 0 fully saturated rings. The Bertz CT molecular complexity index is 1100. The predicted molar refractivity (Wildman–Crippen MR) is 129 cm³/mol. The molecule has 1 aliphatic heterocycles. The zero-order chi connectivity index (χ0) is 23.1. The van der Waals surface area contributed by atoms with Gasteiger partial charge < -0.3 is 20.1 Å². The monoisotopic (exact) mass is 449 g/mol. The Morgan fingerprint density at radius 3 is 2.44 bits per heavy atom. The molecule has 0 spiro atoms. The molecule has 166 valence electrons. The first-order valence-electron chi connectivity index (χ1n) is 10.4. The average Bonchev–Trinajstić information content (AvgIpc) is 2.82. The van der Waals surface area contributed by atoms with Crippen molar-refractivity contribution in [3.8, 4) is 17.6 Å². The predicted octanol–water partition coefficient (Wildman–Crippen LogP) is 5.18. The highest BCUT2D eigenvalue weighted by Crippen LogP contribution is 2.44. The van der Waals surface area contributed by atoms with Crippen LogP contribution < -0.4 is 20.1 Å². The Kier molecular flexibility index (Phi) is 7.85. The van der Waals surface area contributed by atoms with Gasteiger partial charge in [-0.3, -0.25) is 4.79 Å². The first kappa shape index (κ1) is 23.3. The number of hydrogen-bond acceptors (Lipinski definition) is 6. The highest BCUT2D eigenvalue weighted by molar-refractivity contribution is 8.03. The number of nitriles is 1. The Morgan fingerprint density at radius 2 is 1.78 bits per heavy atom. The molecule has 0 aliphatic carbocycles. The Morgan fingerprint density at radius 1 is 1.12 bits per heavy atom. The minimum atomic E-state index is -0.563. The molecule has 32 heavy (non-hydrogen) atoms. The van der Waals surface area contributed by atoms with Crippen molar-refractivity contribution in [3.05, 3.63) is 76.0 Å². The topological polar surface area (TPSA) is 83.4 Å². The van der Waals surface area contributed by atoms with E-state index in [1.807, 2.05) is 43.3 Å². The number of benzene rings is 2. The molecule has 0 radical (unpaired) electrons. The first-order chi connectivity index (χ1) is 15.5. The highest BCUT2D eigenvalue weighted by atomic mass is 32.2. The SMILES string of the molecule is CCCSC1=C(C#N)C(c2ccccc2OC)C(C(=O)Nc2ccccc2OC)=C(C)N1. The van der Waals surface area contributed by atoms with Gasteiger partial charge in [-0.25, -0.2) is 0 Å². The normalized spacial score (nSPS) is 15.7. The number of methoxy groups -OCH3 is 2. The fourth-order valence-electron chi connectivity index (χ4n) is 3.69. The average molecular weight is 450 g/mol. The van der Waals surface area contributed by atoms with Crippen molar-refractivity contribution < 1.29 is 14.3 Å². The van der Waals surface area contributed by atoms with Crippen LogP contribution in [-0.4, -0.2) is 25.9 Å². The number of amides is 1. The molecular weight excluding hydrogens is 422 g/mol. The van der Waals surface area contributed by atoms with Gasteiger partial charge in [0.1, 0.15) is 11.5 Å². The van der Waals surface area contributed by atoms with Crippen LogP contribution in [0.1, 0.15) is 31.7 Å². The Balaban J connectivity index is 2.12. The van der Waals surface area contributed by atoms with E-state index in [0.717, 1.165) is 22.8 Å². The third kappa shape index (κ3) is 4.76. The number of anilines is 1. The van der Waals surface area contributed by atoms with Crippen molar-refractivity contribution >= 4 is 23.4 Å². The summed E-state index contributed by atoms with van der Waals surface area (Å²) in [5.41, 5.74) is 3.01. The van der Waals surface area contributed by atoms with E-state index in [4.69, 9.17) is 9.47 Å². The lowest BCUT2D eigenvalue weighted by molar-refractivity contribution is -0.113. The van der Waals surface area contributed by atoms with Crippen LogP contribution in [0.3, 0.4) is 0 Å². The molecule has 1 unspecified atom stereocenters. The molecule has 1 atom stereocenters. The largest absolute Gasteiger partial charge is 0.496 e. The second-order valence-electron chi connectivity index (χ2n) is 7.20. The van der Waals surface area contributed by atoms with Crippen LogP contribution in [0.4, 0.5) is 5.69 Å². The lowest BCUT2D eigenvalue weighted by Crippen LogP contribution is -2.31. The maximum absolute atomic E-state index is 13.6. The van der Waals surface area contributed by atoms with Gasteiger partial charge in [-0.2, -0.15) is 5.26 Å². The number of ether oxygens (including phenoxy) is 2. The van der Waals surface area contributed by atoms with E-state index >= 15 is 0 Å². The summed E-state index contributed by atoms with van der Waals surface area (Å²) in [5, 5.41) is 17.2. The van der Waals surface area contributed by atoms with Crippen molar-refractivity contribution in [2.45, 2.75) is 26.2 Å². The minimum absolute atomic E-state index is 0.303. The van der Waals surface area contributed by atoms with E-state index in [0.29, 0.717) is 34.0 Å². The molecule has 0 saturated carbocycles. The summed E-state index contributed by atoms with van der Waals surface area (Å²) in [6, 6.07) is 17.1. The van der Waals surface area contributed by atoms with Crippen LogP contribution in [0.5, 0.6) is 11.5 Å². The summed E-state index contributed by atoms with van der Waals surface area (Å²) < 4.78 is 11.0. The zero-order valence-corrected chi connectivity index (χ0v) is 19.5. The van der Waals surface area contributed by atoms with E-state index in [1.54, 1.807) is 38.1 Å². The van der Waals surface area contributed by atoms with Gasteiger partial charge in [0.15, 0.2) is 0 Å². The minimum Gasteiger partial charge on any atom is -0.496 e. The fourth-order valence-corrected chi connectivity index (χ4v) is 4.64. The molecule has 2 aromatic carbocycles. The maximum atomic E-state index is 13.6. The summed E-state index contributed by atoms with van der Waals surface area (Å²) in [6.07, 6.45) is 0.970. The van der Waals surface area contributed by atoms with Crippen molar-refractivity contribution in [2.75, 3.05) is 25.3 Å². The second kappa shape index (κ2) is 10.8. The standard InChI is InChI=1S/C25H27N3O3S/c1-5-14-32-25-18(15-26)23(17-10-6-8-12-20(17)30-3)22(16(2)27-25)24(29)28-19-11-7-9-13-21(19)31-4/h6-13,23,27H,5,14H2,1-4H3,(H,28,29). The molecule has 0 aromatic heterocycles. The van der Waals surface area contributed by atoms with E-state index in [1.165, 1.54) is 0 Å². The van der Waals surface area contributed by atoms with Crippen LogP contribution in [0, 0.1) is 11.3 Å². The number of dihydropyridines is 1. The Hall–Kier alpha value is -3.37. The van der Waals surface area contributed by atoms with Gasteiger partial charge in [0.25, 0.3) is 5.91 Å². The van der Waals surface area contributed by atoms with Crippen LogP contribution >= 0.6 is 11.8 Å². The van der Waals surface area contributed by atoms with Crippen molar-refractivity contribution in [3.63, 3.8) is 0 Å². The van der Waals surface area contributed by atoms with Crippen LogP contribution in [-0.2, 0) is 4.79 Å². The quantitative estimate of drug-likeness (QED) is 0.578. The van der Waals surface area contributed by atoms with Gasteiger partial charge in [0.2, 0.25) is 0 Å². The molecule has 0 bridgehead atoms. The molecule has 1 heterocycles. The lowest BCUT2D eigenvalue weighted by atomic mass is 9.81. The van der Waals surface area contributed by atoms with Gasteiger partial charge in [-0.15, -0.1) is 11.8 Å². The van der Waals surface area contributed by atoms with E-state index in [9.17, 15) is 10.1 Å². The second-order valence-corrected chi connectivity index (χ2v) is 8.30. The number of nitrogens with one attached hydrogen (secondary N) is 2. The summed E-state index contributed by atoms with van der Waals surface area (Å²) in [5.74, 6) is 1.19. The number of nitrogens with zero attached hydrogens (tertiary/aromatic N) is 1. The number of para-hydroxylation sites is 3. The maximum Gasteiger partial charge on any atom is 0.254 e. The van der Waals surface area contributed by atoms with Gasteiger partial charge in [-0.05, 0) is 37.3 Å². The first-order valence-corrected chi connectivity index (χ1v) is 11.4. The van der Waals surface area contributed by atoms with Gasteiger partial charge >= 0.3 is 0 Å². The van der Waals surface area contributed by atoms with Gasteiger partial charge in [0, 0.05) is 16.8 Å². The number of carbonyl (C=O) groups excluding carboxylic acids is 1. The van der Waals surface area contributed by atoms with Crippen molar-refractivity contribution in [1.82, 2.24) is 5.32 Å². The molecule has 3 rings (SSSR count). The van der Waals surface area contributed by atoms with Gasteiger partial charge in [0.05, 0.1) is 42.5 Å². The number of rotatable bonds is 8. The third-order valence-corrected chi connectivity index (χ3v) is 6.37. The molecule has 2 N–H and O–H groups in total. The summed E-state index contributed by atoms with van der Waals surface area (Å²) in [7, 11) is 3.15. The molecule has 7 heteroatoms. The Labute approximate surface area is 193 Å². The van der Waals surface area contributed by atoms with E-state index in [2.05, 4.69) is 23.6 Å². The third-order valence-electron chi connectivity index (χ3n) is 5.15. The number of hydrogen-bond donors (Lipinski definition) is 2. The molecule has 2 aromatic rings. The number of carbonyl (C=O) groups is 1. The summed E-state index contributed by atoms with van der Waals surface area (Å²) in [6.45, 7) is 3.95. The fraction of sp³-hybridized carbons (Fsp3) is 0.280. The highest BCUT2D eigenvalue weighted by Gasteiger charge is 2.36. The number of thioether (sulfide) groups is 1. The van der Waals surface area contributed by atoms with Crippen molar-refractivity contribution in [1.29, 1.82) is 5.26 Å². The lowest BCUT2D eigenvalue weighted by Gasteiger charge is -2.30. The summed E-state index contributed by atoms with van der Waals surface area (Å²) >= 11 is 1.59. The van der Waals surface area contributed by atoms with Crippen molar-refractivity contribution in [2.24, 2.45) is 0 Å². The van der Waals surface area contributed by atoms with E-state index in [-0.39, 0.29) is 5.91 Å². The van der Waals surface area contributed by atoms with Crippen LogP contribution in [0.25, 0.3) is 0 Å². The summed E-state index contributed by atoms with van der Waals surface area (Å²) in [4.78, 5) is 13.6. The molecule has 1 amide bonds. The molecule has 1 aliphatic rings. The smallest absolute Gasteiger partial charge is 0.254 e. The van der Waals surface area contributed by atoms with Crippen LogP contribution in [0.2, 0.25) is 0 Å². The zero-order valence-electron chi connectivity index (χ0n) is 18.7. The van der Waals surface area contributed by atoms with Gasteiger partial charge in [-0.1, -0.05) is 37.3 Å². The van der Waals surface area contributed by atoms with E-state index < -0.39 is 5.92 Å². The number of allylic oxidation sites excluding steroid dienone is 2. The molecule has 6 nitrogen and oxygen atoms in total. The molecular formula is C25H27N3O3S.